The van der Waals surface area contributed by atoms with Crippen LogP contribution in [0.5, 0.6) is 5.75 Å². The number of methoxy groups -OCH3 is 1. The van der Waals surface area contributed by atoms with Crippen LogP contribution in [0.3, 0.4) is 0 Å². The van der Waals surface area contributed by atoms with Crippen molar-refractivity contribution in [1.29, 1.82) is 0 Å². The number of benzene rings is 2. The maximum absolute atomic E-state index is 12.4. The summed E-state index contributed by atoms with van der Waals surface area (Å²) in [5.41, 5.74) is 1.37. The van der Waals surface area contributed by atoms with E-state index in [-0.39, 0.29) is 27.4 Å². The summed E-state index contributed by atoms with van der Waals surface area (Å²) in [6, 6.07) is 9.54. The maximum Gasteiger partial charge on any atom is 0.320 e. The van der Waals surface area contributed by atoms with Crippen molar-refractivity contribution in [2.75, 3.05) is 7.11 Å². The van der Waals surface area contributed by atoms with Gasteiger partial charge in [0.05, 0.1) is 28.0 Å². The standard InChI is InChI=1S/C19H18N2O6S/c1-12-4-6-15(7-5-12)28(24,25)27-11-16-17-14(8-9-20-16)10-13(2)19(26-3)18(17)21(22)23/h4-10H,11H2,1-3H3. The highest BCUT2D eigenvalue weighted by atomic mass is 32.2. The van der Waals surface area contributed by atoms with Crippen molar-refractivity contribution in [3.05, 3.63) is 69.5 Å². The molecule has 0 aliphatic carbocycles. The van der Waals surface area contributed by atoms with Gasteiger partial charge in [-0.1, -0.05) is 17.7 Å². The quantitative estimate of drug-likeness (QED) is 0.351. The third-order valence-electron chi connectivity index (χ3n) is 4.29. The lowest BCUT2D eigenvalue weighted by atomic mass is 10.0. The molecule has 2 aromatic carbocycles. The van der Waals surface area contributed by atoms with E-state index in [0.29, 0.717) is 10.9 Å². The highest BCUT2D eigenvalue weighted by Gasteiger charge is 2.26. The molecule has 0 spiro atoms. The molecule has 0 N–H and O–H groups in total. The van der Waals surface area contributed by atoms with Crippen molar-refractivity contribution in [3.8, 4) is 5.75 Å². The van der Waals surface area contributed by atoms with Gasteiger partial charge in [-0.15, -0.1) is 0 Å². The van der Waals surface area contributed by atoms with E-state index in [1.165, 1.54) is 25.4 Å². The van der Waals surface area contributed by atoms with Crippen LogP contribution in [0.2, 0.25) is 0 Å². The lowest BCUT2D eigenvalue weighted by Crippen LogP contribution is -2.08. The van der Waals surface area contributed by atoms with Crippen LogP contribution in [-0.2, 0) is 20.9 Å². The molecule has 0 bridgehead atoms. The highest BCUT2D eigenvalue weighted by Crippen LogP contribution is 2.39. The van der Waals surface area contributed by atoms with Crippen LogP contribution in [0, 0.1) is 24.0 Å². The van der Waals surface area contributed by atoms with Crippen molar-refractivity contribution < 1.29 is 22.3 Å². The first-order valence-electron chi connectivity index (χ1n) is 8.30. The van der Waals surface area contributed by atoms with Crippen LogP contribution in [0.25, 0.3) is 10.8 Å². The number of hydrogen-bond donors (Lipinski definition) is 0. The number of fused-ring (bicyclic) bond motifs is 1. The normalized spacial score (nSPS) is 11.5. The Labute approximate surface area is 162 Å². The number of aromatic nitrogens is 1. The van der Waals surface area contributed by atoms with Gasteiger partial charge in [0.2, 0.25) is 5.75 Å². The van der Waals surface area contributed by atoms with E-state index in [2.05, 4.69) is 4.98 Å². The fraction of sp³-hybridized carbons (Fsp3) is 0.211. The van der Waals surface area contributed by atoms with Crippen LogP contribution in [0.4, 0.5) is 5.69 Å². The molecule has 146 valence electrons. The summed E-state index contributed by atoms with van der Waals surface area (Å²) in [4.78, 5) is 15.2. The lowest BCUT2D eigenvalue weighted by Gasteiger charge is -2.12. The summed E-state index contributed by atoms with van der Waals surface area (Å²) in [5, 5.41) is 12.4. The average molecular weight is 402 g/mol. The first kappa shape index (κ1) is 19.7. The number of ether oxygens (including phenoxy) is 1. The fourth-order valence-corrected chi connectivity index (χ4v) is 3.83. The topological polar surface area (TPSA) is 109 Å². The van der Waals surface area contributed by atoms with Crippen LogP contribution in [0.15, 0.2) is 47.5 Å². The zero-order valence-electron chi connectivity index (χ0n) is 15.5. The Morgan fingerprint density at radius 1 is 1.14 bits per heavy atom. The van der Waals surface area contributed by atoms with Crippen molar-refractivity contribution in [3.63, 3.8) is 0 Å². The molecular formula is C19H18N2O6S. The minimum atomic E-state index is -4.04. The second-order valence-corrected chi connectivity index (χ2v) is 7.83. The van der Waals surface area contributed by atoms with Gasteiger partial charge in [0.1, 0.15) is 6.61 Å². The average Bonchev–Trinajstić information content (AvgIpc) is 2.65. The van der Waals surface area contributed by atoms with Gasteiger partial charge in [-0.05, 0) is 49.1 Å². The molecule has 0 aliphatic heterocycles. The summed E-state index contributed by atoms with van der Waals surface area (Å²) in [6.45, 7) is 3.09. The zero-order valence-corrected chi connectivity index (χ0v) is 16.3. The number of nitrogens with zero attached hydrogens (tertiary/aromatic N) is 2. The van der Waals surface area contributed by atoms with Crippen molar-refractivity contribution in [2.45, 2.75) is 25.3 Å². The van der Waals surface area contributed by atoms with E-state index in [9.17, 15) is 18.5 Å². The molecule has 28 heavy (non-hydrogen) atoms. The Morgan fingerprint density at radius 2 is 1.82 bits per heavy atom. The largest absolute Gasteiger partial charge is 0.490 e. The summed E-state index contributed by atoms with van der Waals surface area (Å²) in [6.07, 6.45) is 1.45. The van der Waals surface area contributed by atoms with Gasteiger partial charge in [0.15, 0.2) is 0 Å². The number of hydrogen-bond acceptors (Lipinski definition) is 7. The van der Waals surface area contributed by atoms with E-state index in [1.54, 1.807) is 31.2 Å². The minimum Gasteiger partial charge on any atom is -0.490 e. The zero-order chi connectivity index (χ0) is 20.5. The molecule has 3 aromatic rings. The molecule has 0 aliphatic rings. The van der Waals surface area contributed by atoms with Crippen LogP contribution in [-0.4, -0.2) is 25.4 Å². The first-order chi connectivity index (χ1) is 13.2. The van der Waals surface area contributed by atoms with Gasteiger partial charge in [0, 0.05) is 6.20 Å². The van der Waals surface area contributed by atoms with E-state index >= 15 is 0 Å². The second-order valence-electron chi connectivity index (χ2n) is 6.22. The van der Waals surface area contributed by atoms with Gasteiger partial charge in [-0.2, -0.15) is 8.42 Å². The molecule has 1 heterocycles. The SMILES string of the molecule is COc1c(C)cc2ccnc(COS(=O)(=O)c3ccc(C)cc3)c2c1[N+](=O)[O-]. The molecule has 9 heteroatoms. The summed E-state index contributed by atoms with van der Waals surface area (Å²) < 4.78 is 35.2. The smallest absolute Gasteiger partial charge is 0.320 e. The second kappa shape index (κ2) is 7.53. The van der Waals surface area contributed by atoms with Crippen LogP contribution < -0.4 is 4.74 Å². The van der Waals surface area contributed by atoms with Gasteiger partial charge in [-0.25, -0.2) is 0 Å². The lowest BCUT2D eigenvalue weighted by molar-refractivity contribution is -0.384. The Kier molecular flexibility index (Phi) is 5.30. The Balaban J connectivity index is 2.06. The molecule has 0 amide bonds. The predicted octanol–water partition coefficient (Wildman–Crippen LogP) is 3.67. The number of pyridine rings is 1. The molecule has 0 unspecified atom stereocenters. The maximum atomic E-state index is 12.4. The molecule has 0 fully saturated rings. The van der Waals surface area contributed by atoms with Gasteiger partial charge < -0.3 is 4.74 Å². The van der Waals surface area contributed by atoms with E-state index in [1.807, 2.05) is 6.92 Å². The van der Waals surface area contributed by atoms with E-state index in [4.69, 9.17) is 8.92 Å². The summed E-state index contributed by atoms with van der Waals surface area (Å²) in [7, 11) is -2.70. The molecule has 0 radical (unpaired) electrons. The third-order valence-corrected chi connectivity index (χ3v) is 5.57. The number of nitro groups is 1. The molecular weight excluding hydrogens is 384 g/mol. The Bertz CT molecular complexity index is 1160. The molecule has 0 atom stereocenters. The monoisotopic (exact) mass is 402 g/mol. The number of nitro benzene ring substituents is 1. The van der Waals surface area contributed by atoms with Crippen LogP contribution >= 0.6 is 0 Å². The minimum absolute atomic E-state index is 0.00117. The molecule has 8 nitrogen and oxygen atoms in total. The molecule has 3 rings (SSSR count). The number of aryl methyl sites for hydroxylation is 2. The number of rotatable bonds is 6. The van der Waals surface area contributed by atoms with Gasteiger partial charge in [-0.3, -0.25) is 19.3 Å². The van der Waals surface area contributed by atoms with Gasteiger partial charge >= 0.3 is 5.69 Å². The van der Waals surface area contributed by atoms with E-state index in [0.717, 1.165) is 5.56 Å². The van der Waals surface area contributed by atoms with Crippen molar-refractivity contribution in [2.24, 2.45) is 0 Å². The van der Waals surface area contributed by atoms with Crippen molar-refractivity contribution >= 4 is 26.6 Å². The van der Waals surface area contributed by atoms with Crippen LogP contribution in [0.1, 0.15) is 16.8 Å². The van der Waals surface area contributed by atoms with E-state index < -0.39 is 21.6 Å². The Morgan fingerprint density at radius 3 is 2.43 bits per heavy atom. The predicted molar refractivity (Wildman–Crippen MR) is 103 cm³/mol. The highest BCUT2D eigenvalue weighted by molar-refractivity contribution is 7.86. The fourth-order valence-electron chi connectivity index (χ4n) is 2.96. The molecule has 0 saturated carbocycles. The molecule has 1 aromatic heterocycles. The molecule has 0 saturated heterocycles. The third kappa shape index (κ3) is 3.67. The first-order valence-corrected chi connectivity index (χ1v) is 9.71. The summed E-state index contributed by atoms with van der Waals surface area (Å²) >= 11 is 0. The van der Waals surface area contributed by atoms with Crippen molar-refractivity contribution in [1.82, 2.24) is 4.98 Å². The Hall–Kier alpha value is -3.04. The van der Waals surface area contributed by atoms with Gasteiger partial charge in [0.25, 0.3) is 10.1 Å². The summed E-state index contributed by atoms with van der Waals surface area (Å²) in [5.74, 6) is 0.105.